The van der Waals surface area contributed by atoms with E-state index in [1.54, 1.807) is 30.3 Å². The molecule has 0 aromatic heterocycles. The quantitative estimate of drug-likeness (QED) is 0.621. The first-order valence-corrected chi connectivity index (χ1v) is 6.28. The Labute approximate surface area is 121 Å². The van der Waals surface area contributed by atoms with Crippen molar-refractivity contribution in [3.05, 3.63) is 35.9 Å². The summed E-state index contributed by atoms with van der Waals surface area (Å²) in [5, 5.41) is 21.1. The highest BCUT2D eigenvalue weighted by atomic mass is 16.5. The van der Waals surface area contributed by atoms with Crippen LogP contribution in [0, 0.1) is 0 Å². The number of aliphatic carboxylic acids is 1. The van der Waals surface area contributed by atoms with Gasteiger partial charge in [0.05, 0.1) is 7.11 Å². The molecule has 1 rings (SSSR count). The Bertz CT molecular complexity index is 501. The van der Waals surface area contributed by atoms with Crippen molar-refractivity contribution in [1.82, 2.24) is 5.32 Å². The maximum Gasteiger partial charge on any atom is 0.326 e. The van der Waals surface area contributed by atoms with Gasteiger partial charge in [0.15, 0.2) is 6.10 Å². The number of nitrogens with one attached hydrogen (secondary N) is 1. The lowest BCUT2D eigenvalue weighted by Gasteiger charge is -2.17. The van der Waals surface area contributed by atoms with Gasteiger partial charge in [-0.25, -0.2) is 4.79 Å². The molecular weight excluding hydrogens is 278 g/mol. The molecule has 1 aromatic rings. The summed E-state index contributed by atoms with van der Waals surface area (Å²) in [4.78, 5) is 33.9. The third-order valence-corrected chi connectivity index (χ3v) is 2.84. The number of methoxy groups -OCH3 is 1. The number of hydrogen-bond donors (Lipinski definition) is 3. The highest BCUT2D eigenvalue weighted by molar-refractivity contribution is 5.87. The van der Waals surface area contributed by atoms with E-state index < -0.39 is 30.0 Å². The van der Waals surface area contributed by atoms with E-state index in [2.05, 4.69) is 10.1 Å². The van der Waals surface area contributed by atoms with Crippen LogP contribution in [-0.2, 0) is 19.1 Å². The van der Waals surface area contributed by atoms with E-state index >= 15 is 0 Å². The van der Waals surface area contributed by atoms with Gasteiger partial charge in [-0.15, -0.1) is 0 Å². The van der Waals surface area contributed by atoms with Gasteiger partial charge in [-0.3, -0.25) is 9.59 Å². The van der Waals surface area contributed by atoms with E-state index in [1.807, 2.05) is 0 Å². The molecule has 21 heavy (non-hydrogen) atoms. The number of esters is 1. The lowest BCUT2D eigenvalue weighted by molar-refractivity contribution is -0.145. The average Bonchev–Trinajstić information content (AvgIpc) is 2.50. The van der Waals surface area contributed by atoms with Gasteiger partial charge in [0.25, 0.3) is 5.91 Å². The third kappa shape index (κ3) is 5.23. The van der Waals surface area contributed by atoms with Gasteiger partial charge in [-0.05, 0) is 12.0 Å². The lowest BCUT2D eigenvalue weighted by atomic mass is 10.1. The van der Waals surface area contributed by atoms with Crippen LogP contribution in [0.2, 0.25) is 0 Å². The number of amides is 1. The summed E-state index contributed by atoms with van der Waals surface area (Å²) in [6, 6.07) is 6.86. The number of carbonyl (C=O) groups excluding carboxylic acids is 2. The standard InChI is InChI=1S/C14H17NO6/c1-21-11(16)8-7-10(14(19)20)15-13(18)12(17)9-5-3-2-4-6-9/h2-6,10,12,17H,7-8H2,1H3,(H,15,18)(H,19,20)/t10-,12+/m1/s1. The van der Waals surface area contributed by atoms with Gasteiger partial charge in [-0.2, -0.15) is 0 Å². The predicted octanol–water partition coefficient (Wildman–Crippen LogP) is 0.243. The minimum absolute atomic E-state index is 0.116. The maximum atomic E-state index is 11.8. The van der Waals surface area contributed by atoms with Gasteiger partial charge in [-0.1, -0.05) is 30.3 Å². The minimum Gasteiger partial charge on any atom is -0.480 e. The summed E-state index contributed by atoms with van der Waals surface area (Å²) in [6.45, 7) is 0. The smallest absolute Gasteiger partial charge is 0.326 e. The number of aliphatic hydroxyl groups excluding tert-OH is 1. The monoisotopic (exact) mass is 295 g/mol. The molecule has 7 nitrogen and oxygen atoms in total. The molecule has 0 saturated carbocycles. The van der Waals surface area contributed by atoms with Gasteiger partial charge in [0.1, 0.15) is 6.04 Å². The van der Waals surface area contributed by atoms with Crippen molar-refractivity contribution in [3.63, 3.8) is 0 Å². The van der Waals surface area contributed by atoms with Crippen LogP contribution in [0.3, 0.4) is 0 Å². The van der Waals surface area contributed by atoms with Crippen LogP contribution >= 0.6 is 0 Å². The van der Waals surface area contributed by atoms with Crippen LogP contribution in [0.5, 0.6) is 0 Å². The van der Waals surface area contributed by atoms with Crippen LogP contribution in [0.15, 0.2) is 30.3 Å². The largest absolute Gasteiger partial charge is 0.480 e. The van der Waals surface area contributed by atoms with E-state index in [1.165, 1.54) is 7.11 Å². The highest BCUT2D eigenvalue weighted by Gasteiger charge is 2.25. The van der Waals surface area contributed by atoms with Crippen molar-refractivity contribution in [3.8, 4) is 0 Å². The molecule has 3 N–H and O–H groups in total. The summed E-state index contributed by atoms with van der Waals surface area (Å²) in [7, 11) is 1.19. The second kappa shape index (κ2) is 8.01. The second-order valence-corrected chi connectivity index (χ2v) is 4.33. The van der Waals surface area contributed by atoms with E-state index in [0.717, 1.165) is 0 Å². The zero-order chi connectivity index (χ0) is 15.8. The minimum atomic E-state index is -1.47. The first kappa shape index (κ1) is 16.6. The fraction of sp³-hybridized carbons (Fsp3) is 0.357. The fourth-order valence-corrected chi connectivity index (χ4v) is 1.66. The molecule has 0 aliphatic rings. The van der Waals surface area contributed by atoms with E-state index in [9.17, 15) is 19.5 Å². The molecule has 0 heterocycles. The van der Waals surface area contributed by atoms with Crippen molar-refractivity contribution in [1.29, 1.82) is 0 Å². The number of carbonyl (C=O) groups is 3. The number of aliphatic hydroxyl groups is 1. The summed E-state index contributed by atoms with van der Waals surface area (Å²) < 4.78 is 4.41. The van der Waals surface area contributed by atoms with Gasteiger partial charge in [0.2, 0.25) is 0 Å². The summed E-state index contributed by atoms with van der Waals surface area (Å²) in [6.07, 6.45) is -1.73. The summed E-state index contributed by atoms with van der Waals surface area (Å²) in [5.74, 6) is -2.69. The Morgan fingerprint density at radius 2 is 1.86 bits per heavy atom. The first-order chi connectivity index (χ1) is 9.95. The molecule has 7 heteroatoms. The molecule has 0 aliphatic heterocycles. The van der Waals surface area contributed by atoms with Crippen molar-refractivity contribution in [2.24, 2.45) is 0 Å². The van der Waals surface area contributed by atoms with Crippen molar-refractivity contribution < 1.29 is 29.3 Å². The Hall–Kier alpha value is -2.41. The Morgan fingerprint density at radius 1 is 1.24 bits per heavy atom. The highest BCUT2D eigenvalue weighted by Crippen LogP contribution is 2.12. The molecule has 0 spiro atoms. The van der Waals surface area contributed by atoms with Gasteiger partial charge < -0.3 is 20.3 Å². The lowest BCUT2D eigenvalue weighted by Crippen LogP contribution is -2.43. The normalized spacial score (nSPS) is 13.0. The average molecular weight is 295 g/mol. The van der Waals surface area contributed by atoms with Crippen LogP contribution in [0.4, 0.5) is 0 Å². The number of hydrogen-bond acceptors (Lipinski definition) is 5. The molecule has 0 radical (unpaired) electrons. The molecule has 1 aromatic carbocycles. The predicted molar refractivity (Wildman–Crippen MR) is 72.2 cm³/mol. The zero-order valence-corrected chi connectivity index (χ0v) is 11.5. The maximum absolute atomic E-state index is 11.8. The molecular formula is C14H17NO6. The van der Waals surface area contributed by atoms with Crippen molar-refractivity contribution >= 4 is 17.8 Å². The fourth-order valence-electron chi connectivity index (χ4n) is 1.66. The third-order valence-electron chi connectivity index (χ3n) is 2.84. The Morgan fingerprint density at radius 3 is 2.38 bits per heavy atom. The van der Waals surface area contributed by atoms with Gasteiger partial charge >= 0.3 is 11.9 Å². The molecule has 1 amide bonds. The molecule has 0 bridgehead atoms. The van der Waals surface area contributed by atoms with E-state index in [-0.39, 0.29) is 12.8 Å². The second-order valence-electron chi connectivity index (χ2n) is 4.33. The Kier molecular flexibility index (Phi) is 6.35. The van der Waals surface area contributed by atoms with Crippen LogP contribution in [-0.4, -0.2) is 41.2 Å². The number of benzene rings is 1. The molecule has 0 aliphatic carbocycles. The molecule has 0 fully saturated rings. The van der Waals surface area contributed by atoms with E-state index in [0.29, 0.717) is 5.56 Å². The number of rotatable bonds is 7. The first-order valence-electron chi connectivity index (χ1n) is 6.28. The number of carboxylic acids is 1. The van der Waals surface area contributed by atoms with Crippen LogP contribution in [0.1, 0.15) is 24.5 Å². The van der Waals surface area contributed by atoms with Gasteiger partial charge in [0, 0.05) is 6.42 Å². The van der Waals surface area contributed by atoms with Crippen LogP contribution < -0.4 is 5.32 Å². The van der Waals surface area contributed by atoms with Crippen molar-refractivity contribution in [2.45, 2.75) is 25.0 Å². The Balaban J connectivity index is 2.64. The summed E-state index contributed by atoms with van der Waals surface area (Å²) >= 11 is 0. The van der Waals surface area contributed by atoms with E-state index in [4.69, 9.17) is 5.11 Å². The molecule has 0 saturated heterocycles. The SMILES string of the molecule is COC(=O)CC[C@@H](NC(=O)[C@@H](O)c1ccccc1)C(=O)O. The zero-order valence-electron chi connectivity index (χ0n) is 11.5. The molecule has 2 atom stereocenters. The number of ether oxygens (including phenoxy) is 1. The van der Waals surface area contributed by atoms with Crippen molar-refractivity contribution in [2.75, 3.05) is 7.11 Å². The summed E-state index contributed by atoms with van der Waals surface area (Å²) in [5.41, 5.74) is 0.354. The number of carboxylic acid groups (broad SMARTS) is 1. The van der Waals surface area contributed by atoms with Crippen LogP contribution in [0.25, 0.3) is 0 Å². The topological polar surface area (TPSA) is 113 Å². The molecule has 0 unspecified atom stereocenters. The molecule has 114 valence electrons.